The van der Waals surface area contributed by atoms with Crippen molar-refractivity contribution in [2.45, 2.75) is 38.6 Å². The van der Waals surface area contributed by atoms with Crippen LogP contribution in [0.3, 0.4) is 0 Å². The van der Waals surface area contributed by atoms with Crippen molar-refractivity contribution >= 4 is 5.91 Å². The van der Waals surface area contributed by atoms with Crippen LogP contribution in [0, 0.1) is 12.7 Å². The van der Waals surface area contributed by atoms with Gasteiger partial charge in [-0.2, -0.15) is 4.98 Å². The molecule has 3 aromatic rings. The van der Waals surface area contributed by atoms with Gasteiger partial charge in [0, 0.05) is 12.1 Å². The highest BCUT2D eigenvalue weighted by molar-refractivity contribution is 5.94. The van der Waals surface area contributed by atoms with Crippen molar-refractivity contribution in [3.8, 4) is 11.5 Å². The number of rotatable bonds is 3. The van der Waals surface area contributed by atoms with E-state index in [9.17, 15) is 9.18 Å². The molecule has 1 aliphatic rings. The number of aryl methyl sites for hydroxylation is 1. The van der Waals surface area contributed by atoms with Crippen molar-refractivity contribution in [2.75, 3.05) is 6.54 Å². The van der Waals surface area contributed by atoms with Crippen molar-refractivity contribution in [2.24, 2.45) is 0 Å². The molecule has 7 heteroatoms. The Morgan fingerprint density at radius 2 is 2.04 bits per heavy atom. The van der Waals surface area contributed by atoms with E-state index in [1.165, 1.54) is 18.4 Å². The maximum Gasteiger partial charge on any atom is 0.258 e. The van der Waals surface area contributed by atoms with Crippen molar-refractivity contribution in [1.29, 1.82) is 0 Å². The standard InChI is InChI=1S/C20H20FN3O3/c1-13-11-15(12-26-13)20(25)24-10-4-2-3-5-17(24)18-22-19(27-23-18)14-6-8-16(21)9-7-14/h6-9,11-12,17H,2-5,10H2,1H3. The minimum atomic E-state index is -0.325. The molecule has 140 valence electrons. The fourth-order valence-electron chi connectivity index (χ4n) is 3.42. The van der Waals surface area contributed by atoms with Gasteiger partial charge in [0.2, 0.25) is 0 Å². The Hall–Kier alpha value is -2.96. The van der Waals surface area contributed by atoms with Crippen LogP contribution in [0.15, 0.2) is 45.5 Å². The maximum absolute atomic E-state index is 13.1. The highest BCUT2D eigenvalue weighted by Gasteiger charge is 2.31. The van der Waals surface area contributed by atoms with Crippen molar-refractivity contribution in [3.63, 3.8) is 0 Å². The molecule has 0 aliphatic carbocycles. The van der Waals surface area contributed by atoms with E-state index in [4.69, 9.17) is 8.94 Å². The third-order valence-electron chi connectivity index (χ3n) is 4.82. The van der Waals surface area contributed by atoms with Gasteiger partial charge in [0.15, 0.2) is 5.82 Å². The molecule has 1 amide bonds. The third kappa shape index (κ3) is 3.63. The van der Waals surface area contributed by atoms with E-state index in [2.05, 4.69) is 10.1 Å². The molecule has 1 aliphatic heterocycles. The molecule has 1 saturated heterocycles. The number of hydrogen-bond donors (Lipinski definition) is 0. The molecular formula is C20H20FN3O3. The Labute approximate surface area is 156 Å². The highest BCUT2D eigenvalue weighted by atomic mass is 19.1. The molecule has 1 unspecified atom stereocenters. The molecule has 6 nitrogen and oxygen atoms in total. The zero-order chi connectivity index (χ0) is 18.8. The van der Waals surface area contributed by atoms with E-state index >= 15 is 0 Å². The second kappa shape index (κ2) is 7.34. The van der Waals surface area contributed by atoms with Gasteiger partial charge in [0.05, 0.1) is 11.6 Å². The predicted octanol–water partition coefficient (Wildman–Crippen LogP) is 4.53. The van der Waals surface area contributed by atoms with Gasteiger partial charge in [-0.15, -0.1) is 0 Å². The molecule has 1 fully saturated rings. The zero-order valence-corrected chi connectivity index (χ0v) is 15.0. The molecular weight excluding hydrogens is 349 g/mol. The van der Waals surface area contributed by atoms with Crippen LogP contribution in [0.5, 0.6) is 0 Å². The Balaban J connectivity index is 1.63. The van der Waals surface area contributed by atoms with Gasteiger partial charge in [-0.1, -0.05) is 18.0 Å². The highest BCUT2D eigenvalue weighted by Crippen LogP contribution is 2.31. The van der Waals surface area contributed by atoms with Crippen LogP contribution in [0.4, 0.5) is 4.39 Å². The lowest BCUT2D eigenvalue weighted by atomic mass is 10.1. The van der Waals surface area contributed by atoms with Gasteiger partial charge < -0.3 is 13.8 Å². The Morgan fingerprint density at radius 3 is 2.78 bits per heavy atom. The summed E-state index contributed by atoms with van der Waals surface area (Å²) in [6.45, 7) is 2.44. The number of hydrogen-bond acceptors (Lipinski definition) is 5. The summed E-state index contributed by atoms with van der Waals surface area (Å²) in [5.74, 6) is 1.08. The molecule has 0 radical (unpaired) electrons. The number of aromatic nitrogens is 2. The summed E-state index contributed by atoms with van der Waals surface area (Å²) in [6, 6.07) is 7.37. The lowest BCUT2D eigenvalue weighted by molar-refractivity contribution is 0.0669. The normalized spacial score (nSPS) is 17.7. The summed E-state index contributed by atoms with van der Waals surface area (Å²) in [5.41, 5.74) is 1.17. The number of likely N-dealkylation sites (tertiary alicyclic amines) is 1. The van der Waals surface area contributed by atoms with Gasteiger partial charge in [0.1, 0.15) is 17.8 Å². The van der Waals surface area contributed by atoms with Crippen LogP contribution in [-0.2, 0) is 0 Å². The molecule has 0 saturated carbocycles. The van der Waals surface area contributed by atoms with E-state index in [1.54, 1.807) is 23.1 Å². The number of amides is 1. The number of halogens is 1. The summed E-state index contributed by atoms with van der Waals surface area (Å²) in [6.07, 6.45) is 5.22. The van der Waals surface area contributed by atoms with E-state index in [1.807, 2.05) is 6.92 Å². The topological polar surface area (TPSA) is 72.4 Å². The first-order valence-electron chi connectivity index (χ1n) is 9.07. The summed E-state index contributed by atoms with van der Waals surface area (Å²) >= 11 is 0. The fraction of sp³-hybridized carbons (Fsp3) is 0.350. The number of furan rings is 1. The minimum absolute atomic E-state index is 0.0908. The van der Waals surface area contributed by atoms with Crippen LogP contribution in [-0.4, -0.2) is 27.5 Å². The Kier molecular flexibility index (Phi) is 4.75. The molecule has 1 aromatic carbocycles. The zero-order valence-electron chi connectivity index (χ0n) is 15.0. The van der Waals surface area contributed by atoms with Crippen LogP contribution in [0.25, 0.3) is 11.5 Å². The van der Waals surface area contributed by atoms with Crippen molar-refractivity contribution in [3.05, 3.63) is 59.6 Å². The van der Waals surface area contributed by atoms with Crippen molar-refractivity contribution < 1.29 is 18.1 Å². The second-order valence-corrected chi connectivity index (χ2v) is 6.77. The molecule has 0 N–H and O–H groups in total. The predicted molar refractivity (Wildman–Crippen MR) is 95.4 cm³/mol. The van der Waals surface area contributed by atoms with Gasteiger partial charge in [-0.05, 0) is 50.1 Å². The average molecular weight is 369 g/mol. The number of nitrogens with zero attached hydrogens (tertiary/aromatic N) is 3. The molecule has 4 rings (SSSR count). The first-order valence-corrected chi connectivity index (χ1v) is 9.07. The molecule has 3 heterocycles. The van der Waals surface area contributed by atoms with E-state index in [0.29, 0.717) is 35.1 Å². The van der Waals surface area contributed by atoms with E-state index < -0.39 is 0 Å². The average Bonchev–Trinajstić information content (AvgIpc) is 3.25. The summed E-state index contributed by atoms with van der Waals surface area (Å²) in [5, 5.41) is 4.11. The SMILES string of the molecule is Cc1cc(C(=O)N2CCCCCC2c2noc(-c3ccc(F)cc3)n2)co1. The lowest BCUT2D eigenvalue weighted by Crippen LogP contribution is -2.35. The minimum Gasteiger partial charge on any atom is -0.469 e. The monoisotopic (exact) mass is 369 g/mol. The summed E-state index contributed by atoms with van der Waals surface area (Å²) < 4.78 is 23.8. The molecule has 27 heavy (non-hydrogen) atoms. The van der Waals surface area contributed by atoms with Gasteiger partial charge >= 0.3 is 0 Å². The van der Waals surface area contributed by atoms with Crippen LogP contribution < -0.4 is 0 Å². The Morgan fingerprint density at radius 1 is 1.22 bits per heavy atom. The maximum atomic E-state index is 13.1. The van der Waals surface area contributed by atoms with Gasteiger partial charge in [0.25, 0.3) is 11.8 Å². The molecule has 0 bridgehead atoms. The van der Waals surface area contributed by atoms with Gasteiger partial charge in [-0.3, -0.25) is 4.79 Å². The Bertz CT molecular complexity index is 932. The van der Waals surface area contributed by atoms with Gasteiger partial charge in [-0.25, -0.2) is 4.39 Å². The van der Waals surface area contributed by atoms with Crippen molar-refractivity contribution in [1.82, 2.24) is 15.0 Å². The summed E-state index contributed by atoms with van der Waals surface area (Å²) in [4.78, 5) is 19.3. The third-order valence-corrected chi connectivity index (χ3v) is 4.82. The number of benzene rings is 1. The molecule has 0 spiro atoms. The quantitative estimate of drug-likeness (QED) is 0.678. The number of carbonyl (C=O) groups excluding carboxylic acids is 1. The second-order valence-electron chi connectivity index (χ2n) is 6.77. The van der Waals surface area contributed by atoms with E-state index in [0.717, 1.165) is 25.7 Å². The van der Waals surface area contributed by atoms with Crippen LogP contribution in [0.1, 0.15) is 53.7 Å². The lowest BCUT2D eigenvalue weighted by Gasteiger charge is -2.27. The first kappa shape index (κ1) is 17.5. The first-order chi connectivity index (χ1) is 13.1. The van der Waals surface area contributed by atoms with Crippen LogP contribution in [0.2, 0.25) is 0 Å². The smallest absolute Gasteiger partial charge is 0.258 e. The molecule has 1 atom stereocenters. The number of carbonyl (C=O) groups is 1. The summed E-state index contributed by atoms with van der Waals surface area (Å²) in [7, 11) is 0. The largest absolute Gasteiger partial charge is 0.469 e. The van der Waals surface area contributed by atoms with Crippen LogP contribution >= 0.6 is 0 Å². The fourth-order valence-corrected chi connectivity index (χ4v) is 3.42. The molecule has 2 aromatic heterocycles. The van der Waals surface area contributed by atoms with E-state index in [-0.39, 0.29) is 17.8 Å².